The maximum absolute atomic E-state index is 12.7. The van der Waals surface area contributed by atoms with Crippen LogP contribution in [0.1, 0.15) is 43.1 Å². The van der Waals surface area contributed by atoms with E-state index in [1.807, 2.05) is 39.0 Å². The van der Waals surface area contributed by atoms with Crippen molar-refractivity contribution in [3.8, 4) is 0 Å². The number of piperidine rings is 1. The fourth-order valence-corrected chi connectivity index (χ4v) is 3.08. The van der Waals surface area contributed by atoms with Gasteiger partial charge in [-0.25, -0.2) is 0 Å². The molecule has 0 saturated carbocycles. The lowest BCUT2D eigenvalue weighted by molar-refractivity contribution is -0.125. The van der Waals surface area contributed by atoms with Crippen LogP contribution >= 0.6 is 0 Å². The number of hydrogen-bond donors (Lipinski definition) is 3. The van der Waals surface area contributed by atoms with E-state index in [1.165, 1.54) is 0 Å². The first-order valence-electron chi connectivity index (χ1n) is 8.77. The Labute approximate surface area is 144 Å². The molecule has 3 atom stereocenters. The van der Waals surface area contributed by atoms with E-state index in [9.17, 15) is 9.59 Å². The van der Waals surface area contributed by atoms with Gasteiger partial charge in [0.2, 0.25) is 5.91 Å². The second-order valence-electron chi connectivity index (χ2n) is 7.10. The number of carbonyl (C=O) groups excluding carboxylic acids is 2. The zero-order valence-electron chi connectivity index (χ0n) is 15.1. The first-order chi connectivity index (χ1) is 11.4. The summed E-state index contributed by atoms with van der Waals surface area (Å²) in [5.41, 5.74) is 1.52. The molecule has 0 aromatic heterocycles. The van der Waals surface area contributed by atoms with E-state index in [-0.39, 0.29) is 23.8 Å². The SMILES string of the molecule is Cc1ccccc1C(=O)NC(C(=O)NC1CCNCC1C)C(C)C. The summed E-state index contributed by atoms with van der Waals surface area (Å²) in [5, 5.41) is 9.37. The van der Waals surface area contributed by atoms with Crippen LogP contribution in [-0.2, 0) is 4.79 Å². The van der Waals surface area contributed by atoms with Crippen molar-refractivity contribution in [1.82, 2.24) is 16.0 Å². The molecule has 2 amide bonds. The number of aryl methyl sites for hydroxylation is 1. The largest absolute Gasteiger partial charge is 0.351 e. The van der Waals surface area contributed by atoms with Crippen LogP contribution in [0, 0.1) is 18.8 Å². The number of hydrogen-bond acceptors (Lipinski definition) is 3. The Morgan fingerprint density at radius 3 is 2.58 bits per heavy atom. The third kappa shape index (κ3) is 4.57. The van der Waals surface area contributed by atoms with Gasteiger partial charge in [-0.1, -0.05) is 39.0 Å². The molecule has 3 N–H and O–H groups in total. The Bertz CT molecular complexity index is 586. The lowest BCUT2D eigenvalue weighted by atomic mass is 9.94. The van der Waals surface area contributed by atoms with Gasteiger partial charge in [0.05, 0.1) is 0 Å². The average molecular weight is 331 g/mol. The molecule has 1 heterocycles. The van der Waals surface area contributed by atoms with E-state index in [1.54, 1.807) is 6.07 Å². The molecule has 24 heavy (non-hydrogen) atoms. The summed E-state index contributed by atoms with van der Waals surface area (Å²) >= 11 is 0. The summed E-state index contributed by atoms with van der Waals surface area (Å²) < 4.78 is 0. The van der Waals surface area contributed by atoms with Crippen molar-refractivity contribution in [2.45, 2.75) is 46.2 Å². The number of amides is 2. The fourth-order valence-electron chi connectivity index (χ4n) is 3.08. The van der Waals surface area contributed by atoms with Gasteiger partial charge < -0.3 is 16.0 Å². The van der Waals surface area contributed by atoms with Crippen molar-refractivity contribution >= 4 is 11.8 Å². The summed E-state index contributed by atoms with van der Waals surface area (Å²) in [5.74, 6) is 0.128. The smallest absolute Gasteiger partial charge is 0.252 e. The Morgan fingerprint density at radius 1 is 1.25 bits per heavy atom. The lowest BCUT2D eigenvalue weighted by Gasteiger charge is -2.32. The van der Waals surface area contributed by atoms with E-state index in [2.05, 4.69) is 22.9 Å². The fraction of sp³-hybridized carbons (Fsp3) is 0.579. The summed E-state index contributed by atoms with van der Waals surface area (Å²) in [7, 11) is 0. The highest BCUT2D eigenvalue weighted by Crippen LogP contribution is 2.13. The van der Waals surface area contributed by atoms with Gasteiger partial charge >= 0.3 is 0 Å². The molecular formula is C19H29N3O2. The first kappa shape index (κ1) is 18.5. The molecule has 0 bridgehead atoms. The van der Waals surface area contributed by atoms with Gasteiger partial charge in [0.25, 0.3) is 5.91 Å². The van der Waals surface area contributed by atoms with Gasteiger partial charge in [0.1, 0.15) is 6.04 Å². The van der Waals surface area contributed by atoms with Crippen LogP contribution in [0.2, 0.25) is 0 Å². The minimum absolute atomic E-state index is 0.0231. The topological polar surface area (TPSA) is 70.2 Å². The van der Waals surface area contributed by atoms with E-state index in [0.29, 0.717) is 11.5 Å². The monoisotopic (exact) mass is 331 g/mol. The van der Waals surface area contributed by atoms with Crippen LogP contribution < -0.4 is 16.0 Å². The standard InChI is InChI=1S/C19H29N3O2/c1-12(2)17(19(24)21-16-9-10-20-11-14(16)4)22-18(23)15-8-6-5-7-13(15)3/h5-8,12,14,16-17,20H,9-11H2,1-4H3,(H,21,24)(H,22,23). The van der Waals surface area contributed by atoms with Gasteiger partial charge in [-0.2, -0.15) is 0 Å². The third-order valence-corrected chi connectivity index (χ3v) is 4.74. The predicted octanol–water partition coefficient (Wildman–Crippen LogP) is 1.86. The molecule has 3 unspecified atom stereocenters. The second kappa shape index (κ2) is 8.29. The molecule has 1 fully saturated rings. The minimum Gasteiger partial charge on any atom is -0.351 e. The molecule has 5 heteroatoms. The van der Waals surface area contributed by atoms with Crippen molar-refractivity contribution in [1.29, 1.82) is 0 Å². The van der Waals surface area contributed by atoms with Gasteiger partial charge in [-0.05, 0) is 49.9 Å². The van der Waals surface area contributed by atoms with Crippen LogP contribution in [0.25, 0.3) is 0 Å². The van der Waals surface area contributed by atoms with Crippen molar-refractivity contribution in [3.05, 3.63) is 35.4 Å². The number of carbonyl (C=O) groups is 2. The number of nitrogens with one attached hydrogen (secondary N) is 3. The molecular weight excluding hydrogens is 302 g/mol. The number of benzene rings is 1. The van der Waals surface area contributed by atoms with Crippen molar-refractivity contribution < 1.29 is 9.59 Å². The predicted molar refractivity (Wildman–Crippen MR) is 95.9 cm³/mol. The van der Waals surface area contributed by atoms with Crippen LogP contribution in [0.3, 0.4) is 0 Å². The Morgan fingerprint density at radius 2 is 1.96 bits per heavy atom. The minimum atomic E-state index is -0.529. The van der Waals surface area contributed by atoms with Crippen LogP contribution in [0.5, 0.6) is 0 Å². The molecule has 132 valence electrons. The van der Waals surface area contributed by atoms with Gasteiger partial charge in [-0.3, -0.25) is 9.59 Å². The highest BCUT2D eigenvalue weighted by Gasteiger charge is 2.29. The lowest BCUT2D eigenvalue weighted by Crippen LogP contribution is -2.55. The molecule has 1 aliphatic rings. The van der Waals surface area contributed by atoms with Crippen molar-refractivity contribution in [2.75, 3.05) is 13.1 Å². The summed E-state index contributed by atoms with van der Waals surface area (Å²) in [4.78, 5) is 25.2. The normalized spacial score (nSPS) is 22.0. The Hall–Kier alpha value is -1.88. The Balaban J connectivity index is 2.04. The molecule has 0 aliphatic carbocycles. The van der Waals surface area contributed by atoms with Crippen molar-refractivity contribution in [2.24, 2.45) is 11.8 Å². The second-order valence-corrected chi connectivity index (χ2v) is 7.10. The summed E-state index contributed by atoms with van der Waals surface area (Å²) in [6.07, 6.45) is 0.920. The molecule has 5 nitrogen and oxygen atoms in total. The maximum atomic E-state index is 12.7. The highest BCUT2D eigenvalue weighted by molar-refractivity contribution is 5.98. The third-order valence-electron chi connectivity index (χ3n) is 4.74. The Kier molecular flexibility index (Phi) is 6.37. The van der Waals surface area contributed by atoms with Crippen LogP contribution in [0.4, 0.5) is 0 Å². The van der Waals surface area contributed by atoms with Gasteiger partial charge in [0.15, 0.2) is 0 Å². The van der Waals surface area contributed by atoms with Crippen LogP contribution in [0.15, 0.2) is 24.3 Å². The summed E-state index contributed by atoms with van der Waals surface area (Å²) in [6, 6.07) is 7.06. The average Bonchev–Trinajstić information content (AvgIpc) is 2.54. The van der Waals surface area contributed by atoms with Crippen LogP contribution in [-0.4, -0.2) is 37.0 Å². The van der Waals surface area contributed by atoms with E-state index >= 15 is 0 Å². The highest BCUT2D eigenvalue weighted by atomic mass is 16.2. The zero-order chi connectivity index (χ0) is 17.7. The van der Waals surface area contributed by atoms with E-state index in [4.69, 9.17) is 0 Å². The van der Waals surface area contributed by atoms with Gasteiger partial charge in [-0.15, -0.1) is 0 Å². The molecule has 0 radical (unpaired) electrons. The molecule has 1 saturated heterocycles. The maximum Gasteiger partial charge on any atom is 0.252 e. The molecule has 1 aromatic carbocycles. The zero-order valence-corrected chi connectivity index (χ0v) is 15.1. The quantitative estimate of drug-likeness (QED) is 0.771. The van der Waals surface area contributed by atoms with E-state index in [0.717, 1.165) is 25.1 Å². The molecule has 0 spiro atoms. The molecule has 2 rings (SSSR count). The summed E-state index contributed by atoms with van der Waals surface area (Å²) in [6.45, 7) is 9.76. The van der Waals surface area contributed by atoms with Gasteiger partial charge in [0, 0.05) is 11.6 Å². The van der Waals surface area contributed by atoms with E-state index < -0.39 is 6.04 Å². The molecule has 1 aromatic rings. The first-order valence-corrected chi connectivity index (χ1v) is 8.77. The molecule has 1 aliphatic heterocycles. The number of rotatable bonds is 5. The van der Waals surface area contributed by atoms with Crippen molar-refractivity contribution in [3.63, 3.8) is 0 Å².